The molecule has 0 radical (unpaired) electrons. The van der Waals surface area contributed by atoms with E-state index in [1.807, 2.05) is 0 Å². The van der Waals surface area contributed by atoms with Crippen molar-refractivity contribution in [2.24, 2.45) is 0 Å². The van der Waals surface area contributed by atoms with E-state index >= 15 is 0 Å². The van der Waals surface area contributed by atoms with E-state index in [4.69, 9.17) is 23.2 Å². The molecule has 3 rings (SSSR count). The number of hydrogen-bond acceptors (Lipinski definition) is 5. The van der Waals surface area contributed by atoms with Crippen LogP contribution in [0.2, 0.25) is 10.0 Å². The molecule has 0 aliphatic carbocycles. The zero-order valence-corrected chi connectivity index (χ0v) is 18.4. The van der Waals surface area contributed by atoms with Crippen molar-refractivity contribution in [3.05, 3.63) is 74.6 Å². The Hall–Kier alpha value is -2.81. The van der Waals surface area contributed by atoms with Crippen molar-refractivity contribution in [2.45, 2.75) is 0 Å². The molecule has 1 fully saturated rings. The van der Waals surface area contributed by atoms with Gasteiger partial charge in [-0.15, -0.1) is 0 Å². The number of carbonyl (C=O) groups is 4. The predicted octanol–water partition coefficient (Wildman–Crippen LogP) is 3.58. The first-order chi connectivity index (χ1) is 14.8. The number of amides is 4. The second-order valence-corrected chi connectivity index (χ2v) is 8.21. The first-order valence-corrected chi connectivity index (χ1v) is 10.7. The Morgan fingerprint density at radius 3 is 2.45 bits per heavy atom. The molecule has 0 spiro atoms. The summed E-state index contributed by atoms with van der Waals surface area (Å²) in [5, 5.41) is 5.39. The van der Waals surface area contributed by atoms with Gasteiger partial charge in [0.1, 0.15) is 0 Å². The quantitative estimate of drug-likeness (QED) is 0.594. The van der Waals surface area contributed by atoms with E-state index in [9.17, 15) is 19.2 Å². The van der Waals surface area contributed by atoms with Crippen LogP contribution in [0.4, 0.5) is 4.79 Å². The van der Waals surface area contributed by atoms with Gasteiger partial charge in [-0.25, -0.2) is 0 Å². The molecule has 7 nitrogen and oxygen atoms in total. The lowest BCUT2D eigenvalue weighted by molar-refractivity contribution is -0.124. The third-order valence-corrected chi connectivity index (χ3v) is 5.86. The number of rotatable bonds is 7. The van der Waals surface area contributed by atoms with Crippen molar-refractivity contribution in [3.63, 3.8) is 0 Å². The van der Waals surface area contributed by atoms with Gasteiger partial charge in [-0.05, 0) is 47.7 Å². The Morgan fingerprint density at radius 2 is 1.74 bits per heavy atom. The van der Waals surface area contributed by atoms with Crippen molar-refractivity contribution >= 4 is 64.0 Å². The van der Waals surface area contributed by atoms with Crippen LogP contribution in [0.1, 0.15) is 15.9 Å². The van der Waals surface area contributed by atoms with Gasteiger partial charge in [-0.3, -0.25) is 24.1 Å². The van der Waals surface area contributed by atoms with Gasteiger partial charge >= 0.3 is 0 Å². The van der Waals surface area contributed by atoms with Crippen molar-refractivity contribution in [2.75, 3.05) is 19.6 Å². The summed E-state index contributed by atoms with van der Waals surface area (Å²) in [6, 6.07) is 13.4. The minimum absolute atomic E-state index is 0.0156. The molecule has 2 aromatic carbocycles. The Balaban J connectivity index is 1.48. The van der Waals surface area contributed by atoms with Gasteiger partial charge in [0.2, 0.25) is 5.91 Å². The summed E-state index contributed by atoms with van der Waals surface area (Å²) in [4.78, 5) is 49.8. The van der Waals surface area contributed by atoms with Gasteiger partial charge in [-0.1, -0.05) is 47.5 Å². The third kappa shape index (κ3) is 6.10. The first-order valence-electron chi connectivity index (χ1n) is 9.15. The van der Waals surface area contributed by atoms with Crippen LogP contribution >= 0.6 is 35.0 Å². The molecule has 1 saturated heterocycles. The van der Waals surface area contributed by atoms with Crippen LogP contribution in [-0.2, 0) is 9.59 Å². The maximum absolute atomic E-state index is 12.5. The molecule has 1 heterocycles. The van der Waals surface area contributed by atoms with E-state index in [0.29, 0.717) is 21.2 Å². The molecule has 0 bridgehead atoms. The second kappa shape index (κ2) is 10.5. The van der Waals surface area contributed by atoms with Crippen molar-refractivity contribution in [3.8, 4) is 0 Å². The number of carbonyl (C=O) groups excluding carboxylic acids is 4. The molecular formula is C21H17Cl2N3O4S. The summed E-state index contributed by atoms with van der Waals surface area (Å²) < 4.78 is 0. The van der Waals surface area contributed by atoms with Gasteiger partial charge in [0, 0.05) is 18.7 Å². The lowest BCUT2D eigenvalue weighted by Gasteiger charge is -2.13. The Labute approximate surface area is 192 Å². The molecule has 1 aliphatic heterocycles. The Kier molecular flexibility index (Phi) is 7.73. The highest BCUT2D eigenvalue weighted by molar-refractivity contribution is 8.18. The number of nitrogens with one attached hydrogen (secondary N) is 2. The molecular weight excluding hydrogens is 461 g/mol. The first kappa shape index (κ1) is 22.9. The molecule has 0 aromatic heterocycles. The zero-order chi connectivity index (χ0) is 22.4. The maximum Gasteiger partial charge on any atom is 0.293 e. The van der Waals surface area contributed by atoms with Crippen LogP contribution in [0, 0.1) is 0 Å². The molecule has 0 atom stereocenters. The fraction of sp³-hybridized carbons (Fsp3) is 0.143. The number of thioether (sulfide) groups is 1. The number of benzene rings is 2. The molecule has 2 aromatic rings. The van der Waals surface area contributed by atoms with Gasteiger partial charge < -0.3 is 10.6 Å². The largest absolute Gasteiger partial charge is 0.353 e. The Morgan fingerprint density at radius 1 is 1.00 bits per heavy atom. The smallest absolute Gasteiger partial charge is 0.293 e. The van der Waals surface area contributed by atoms with E-state index < -0.39 is 17.1 Å². The second-order valence-electron chi connectivity index (χ2n) is 6.41. The summed E-state index contributed by atoms with van der Waals surface area (Å²) in [5.41, 5.74) is 1.09. The molecule has 1 aliphatic rings. The average molecular weight is 478 g/mol. The lowest BCUT2D eigenvalue weighted by atomic mass is 10.2. The average Bonchev–Trinajstić information content (AvgIpc) is 3.02. The summed E-state index contributed by atoms with van der Waals surface area (Å²) in [6.45, 7) is -0.132. The summed E-state index contributed by atoms with van der Waals surface area (Å²) in [6.07, 6.45) is 1.56. The van der Waals surface area contributed by atoms with Crippen molar-refractivity contribution in [1.29, 1.82) is 0 Å². The lowest BCUT2D eigenvalue weighted by Crippen LogP contribution is -2.41. The molecule has 10 heteroatoms. The van der Waals surface area contributed by atoms with E-state index in [1.54, 1.807) is 54.6 Å². The van der Waals surface area contributed by atoms with Gasteiger partial charge in [0.25, 0.3) is 17.1 Å². The van der Waals surface area contributed by atoms with Crippen LogP contribution in [0.25, 0.3) is 6.08 Å². The minimum atomic E-state index is -0.451. The zero-order valence-electron chi connectivity index (χ0n) is 16.1. The molecule has 160 valence electrons. The predicted molar refractivity (Wildman–Crippen MR) is 121 cm³/mol. The summed E-state index contributed by atoms with van der Waals surface area (Å²) >= 11 is 12.7. The highest BCUT2D eigenvalue weighted by Gasteiger charge is 2.34. The van der Waals surface area contributed by atoms with Crippen LogP contribution in [0.15, 0.2) is 53.4 Å². The number of nitrogens with zero attached hydrogens (tertiary/aromatic N) is 1. The van der Waals surface area contributed by atoms with E-state index in [1.165, 1.54) is 0 Å². The van der Waals surface area contributed by atoms with E-state index in [2.05, 4.69) is 10.6 Å². The highest BCUT2D eigenvalue weighted by atomic mass is 35.5. The summed E-state index contributed by atoms with van der Waals surface area (Å²) in [7, 11) is 0. The van der Waals surface area contributed by atoms with Gasteiger partial charge in [0.05, 0.1) is 21.5 Å². The van der Waals surface area contributed by atoms with Crippen molar-refractivity contribution < 1.29 is 19.2 Å². The monoisotopic (exact) mass is 477 g/mol. The van der Waals surface area contributed by atoms with E-state index in [-0.39, 0.29) is 30.4 Å². The third-order valence-electron chi connectivity index (χ3n) is 4.22. The summed E-state index contributed by atoms with van der Waals surface area (Å²) in [5.74, 6) is -1.25. The topological polar surface area (TPSA) is 95.6 Å². The molecule has 2 N–H and O–H groups in total. The Bertz CT molecular complexity index is 1060. The van der Waals surface area contributed by atoms with Crippen LogP contribution in [-0.4, -0.2) is 47.5 Å². The standard InChI is InChI=1S/C21H17Cl2N3O4S/c22-15-7-6-13(10-16(15)23)11-17-20(29)26(21(30)31-17)9-8-24-18(27)12-25-19(28)14-4-2-1-3-5-14/h1-7,10-11H,8-9,12H2,(H,24,27)(H,25,28)/b17-11+. The molecule has 0 saturated carbocycles. The SMILES string of the molecule is O=C(CNC(=O)c1ccccc1)NCCN1C(=O)S/C(=C/c2ccc(Cl)c(Cl)c2)C1=O. The maximum atomic E-state index is 12.5. The van der Waals surface area contributed by atoms with Crippen LogP contribution in [0.5, 0.6) is 0 Å². The number of imide groups is 1. The van der Waals surface area contributed by atoms with Crippen LogP contribution < -0.4 is 10.6 Å². The number of halogens is 2. The fourth-order valence-electron chi connectivity index (χ4n) is 2.67. The van der Waals surface area contributed by atoms with E-state index in [0.717, 1.165) is 16.7 Å². The van der Waals surface area contributed by atoms with Gasteiger partial charge in [0.15, 0.2) is 0 Å². The van der Waals surface area contributed by atoms with Crippen LogP contribution in [0.3, 0.4) is 0 Å². The molecule has 4 amide bonds. The fourth-order valence-corrected chi connectivity index (χ4v) is 3.84. The van der Waals surface area contributed by atoms with Gasteiger partial charge in [-0.2, -0.15) is 0 Å². The van der Waals surface area contributed by atoms with Crippen molar-refractivity contribution in [1.82, 2.24) is 15.5 Å². The normalized spacial score (nSPS) is 14.8. The minimum Gasteiger partial charge on any atom is -0.353 e. The number of hydrogen-bond donors (Lipinski definition) is 2. The molecule has 0 unspecified atom stereocenters. The highest BCUT2D eigenvalue weighted by Crippen LogP contribution is 2.33. The molecule has 31 heavy (non-hydrogen) atoms.